The number of nitrogens with two attached hydrogens (primary N) is 1. The highest BCUT2D eigenvalue weighted by molar-refractivity contribution is 5.59. The second-order valence-electron chi connectivity index (χ2n) is 4.06. The number of aromatic nitrogens is 2. The highest BCUT2D eigenvalue weighted by atomic mass is 14.9. The van der Waals surface area contributed by atoms with Crippen LogP contribution in [0.3, 0.4) is 0 Å². The third-order valence-electron chi connectivity index (χ3n) is 2.64. The largest absolute Gasteiger partial charge is 0.384 e. The molecule has 0 atom stereocenters. The van der Waals surface area contributed by atoms with Crippen LogP contribution in [0.15, 0.2) is 24.3 Å². The van der Waals surface area contributed by atoms with Crippen molar-refractivity contribution in [3.05, 3.63) is 41.1 Å². The molecule has 0 bridgehead atoms. The minimum absolute atomic E-state index is 0.515. The zero-order valence-electron chi connectivity index (χ0n) is 9.78. The lowest BCUT2D eigenvalue weighted by Crippen LogP contribution is -1.98. The van der Waals surface area contributed by atoms with Crippen molar-refractivity contribution in [3.8, 4) is 11.4 Å². The van der Waals surface area contributed by atoms with Gasteiger partial charge in [0.2, 0.25) is 0 Å². The van der Waals surface area contributed by atoms with Gasteiger partial charge in [-0.05, 0) is 38.0 Å². The maximum atomic E-state index is 5.71. The monoisotopic (exact) mass is 213 g/mol. The summed E-state index contributed by atoms with van der Waals surface area (Å²) in [6.45, 7) is 6.09. The van der Waals surface area contributed by atoms with Crippen molar-refractivity contribution in [2.45, 2.75) is 20.8 Å². The molecule has 1 aromatic carbocycles. The van der Waals surface area contributed by atoms with E-state index in [4.69, 9.17) is 5.73 Å². The molecule has 82 valence electrons. The quantitative estimate of drug-likeness (QED) is 0.792. The fraction of sp³-hybridized carbons (Fsp3) is 0.231. The van der Waals surface area contributed by atoms with E-state index in [1.807, 2.05) is 13.0 Å². The molecule has 2 rings (SSSR count). The van der Waals surface area contributed by atoms with E-state index < -0.39 is 0 Å². The van der Waals surface area contributed by atoms with Crippen LogP contribution in [0.25, 0.3) is 11.4 Å². The number of nitrogens with zero attached hydrogens (tertiary/aromatic N) is 2. The number of nitrogen functional groups attached to an aromatic ring is 1. The lowest BCUT2D eigenvalue weighted by atomic mass is 10.1. The Morgan fingerprint density at radius 3 is 2.31 bits per heavy atom. The Labute approximate surface area is 95.4 Å². The molecule has 0 unspecified atom stereocenters. The topological polar surface area (TPSA) is 51.8 Å². The first-order valence-corrected chi connectivity index (χ1v) is 5.25. The van der Waals surface area contributed by atoms with E-state index in [1.165, 1.54) is 11.1 Å². The normalized spacial score (nSPS) is 10.4. The minimum Gasteiger partial charge on any atom is -0.384 e. The van der Waals surface area contributed by atoms with Gasteiger partial charge in [0.1, 0.15) is 5.82 Å². The van der Waals surface area contributed by atoms with Gasteiger partial charge in [-0.25, -0.2) is 9.97 Å². The number of benzene rings is 1. The Balaban J connectivity index is 2.54. The van der Waals surface area contributed by atoms with Crippen LogP contribution in [0.4, 0.5) is 5.82 Å². The number of rotatable bonds is 1. The molecule has 0 aliphatic rings. The molecule has 2 aromatic rings. The van der Waals surface area contributed by atoms with Crippen LogP contribution in [0.1, 0.15) is 16.8 Å². The van der Waals surface area contributed by atoms with E-state index in [-0.39, 0.29) is 0 Å². The summed E-state index contributed by atoms with van der Waals surface area (Å²) in [7, 11) is 0. The van der Waals surface area contributed by atoms with Crippen LogP contribution in [-0.2, 0) is 0 Å². The summed E-state index contributed by atoms with van der Waals surface area (Å²) in [5, 5.41) is 0. The third kappa shape index (κ3) is 2.03. The Bertz CT molecular complexity index is 512. The second kappa shape index (κ2) is 3.93. The van der Waals surface area contributed by atoms with Crippen molar-refractivity contribution in [2.75, 3.05) is 5.73 Å². The summed E-state index contributed by atoms with van der Waals surface area (Å²) >= 11 is 0. The summed E-state index contributed by atoms with van der Waals surface area (Å²) in [4.78, 5) is 8.63. The van der Waals surface area contributed by atoms with Crippen LogP contribution >= 0.6 is 0 Å². The van der Waals surface area contributed by atoms with E-state index in [1.54, 1.807) is 6.07 Å². The smallest absolute Gasteiger partial charge is 0.161 e. The standard InChI is InChI=1S/C13H15N3/c1-8-4-5-11(6-9(8)2)13-15-10(3)7-12(14)16-13/h4-7H,1-3H3,(H2,14,15,16). The summed E-state index contributed by atoms with van der Waals surface area (Å²) in [5.74, 6) is 1.21. The highest BCUT2D eigenvalue weighted by Crippen LogP contribution is 2.19. The van der Waals surface area contributed by atoms with Gasteiger partial charge in [-0.15, -0.1) is 0 Å². The maximum Gasteiger partial charge on any atom is 0.161 e. The van der Waals surface area contributed by atoms with Gasteiger partial charge < -0.3 is 5.73 Å². The van der Waals surface area contributed by atoms with Crippen molar-refractivity contribution >= 4 is 5.82 Å². The number of aryl methyl sites for hydroxylation is 3. The first-order valence-electron chi connectivity index (χ1n) is 5.25. The van der Waals surface area contributed by atoms with E-state index in [2.05, 4.69) is 35.9 Å². The molecule has 16 heavy (non-hydrogen) atoms. The molecule has 0 fully saturated rings. The first-order chi connectivity index (χ1) is 7.56. The van der Waals surface area contributed by atoms with Gasteiger partial charge in [0.05, 0.1) is 0 Å². The summed E-state index contributed by atoms with van der Waals surface area (Å²) < 4.78 is 0. The number of hydrogen-bond donors (Lipinski definition) is 1. The first kappa shape index (κ1) is 10.6. The number of hydrogen-bond acceptors (Lipinski definition) is 3. The SMILES string of the molecule is Cc1cc(N)nc(-c2ccc(C)c(C)c2)n1. The molecule has 0 saturated carbocycles. The fourth-order valence-electron chi connectivity index (χ4n) is 1.60. The molecule has 0 amide bonds. The average molecular weight is 213 g/mol. The van der Waals surface area contributed by atoms with Gasteiger partial charge in [0.25, 0.3) is 0 Å². The predicted octanol–water partition coefficient (Wildman–Crippen LogP) is 2.65. The number of anilines is 1. The Kier molecular flexibility index (Phi) is 2.60. The van der Waals surface area contributed by atoms with Crippen LogP contribution in [0.5, 0.6) is 0 Å². The van der Waals surface area contributed by atoms with Gasteiger partial charge in [-0.1, -0.05) is 12.1 Å². The zero-order valence-corrected chi connectivity index (χ0v) is 9.78. The molecule has 3 heteroatoms. The zero-order chi connectivity index (χ0) is 11.7. The van der Waals surface area contributed by atoms with Gasteiger partial charge in [-0.3, -0.25) is 0 Å². The van der Waals surface area contributed by atoms with E-state index >= 15 is 0 Å². The van der Waals surface area contributed by atoms with Gasteiger partial charge in [-0.2, -0.15) is 0 Å². The van der Waals surface area contributed by atoms with Crippen LogP contribution in [-0.4, -0.2) is 9.97 Å². The van der Waals surface area contributed by atoms with Crippen molar-refractivity contribution in [1.82, 2.24) is 9.97 Å². The van der Waals surface area contributed by atoms with Crippen molar-refractivity contribution in [2.24, 2.45) is 0 Å². The molecular formula is C13H15N3. The predicted molar refractivity (Wildman–Crippen MR) is 66.1 cm³/mol. The lowest BCUT2D eigenvalue weighted by molar-refractivity contribution is 1.12. The fourth-order valence-corrected chi connectivity index (χ4v) is 1.60. The average Bonchev–Trinajstić information content (AvgIpc) is 2.20. The van der Waals surface area contributed by atoms with E-state index in [0.29, 0.717) is 11.6 Å². The molecule has 2 N–H and O–H groups in total. The van der Waals surface area contributed by atoms with Crippen molar-refractivity contribution in [1.29, 1.82) is 0 Å². The highest BCUT2D eigenvalue weighted by Gasteiger charge is 2.04. The van der Waals surface area contributed by atoms with Gasteiger partial charge in [0.15, 0.2) is 5.82 Å². The molecule has 1 heterocycles. The molecule has 0 spiro atoms. The summed E-state index contributed by atoms with van der Waals surface area (Å²) in [5.41, 5.74) is 10.1. The summed E-state index contributed by atoms with van der Waals surface area (Å²) in [6.07, 6.45) is 0. The molecule has 0 aliphatic heterocycles. The van der Waals surface area contributed by atoms with Gasteiger partial charge in [0, 0.05) is 17.3 Å². The maximum absolute atomic E-state index is 5.71. The Morgan fingerprint density at radius 1 is 0.938 bits per heavy atom. The Morgan fingerprint density at radius 2 is 1.69 bits per heavy atom. The van der Waals surface area contributed by atoms with Crippen LogP contribution in [0.2, 0.25) is 0 Å². The minimum atomic E-state index is 0.515. The van der Waals surface area contributed by atoms with E-state index in [0.717, 1.165) is 11.3 Å². The van der Waals surface area contributed by atoms with Crippen LogP contribution in [0, 0.1) is 20.8 Å². The van der Waals surface area contributed by atoms with Crippen molar-refractivity contribution in [3.63, 3.8) is 0 Å². The summed E-state index contributed by atoms with van der Waals surface area (Å²) in [6, 6.07) is 7.96. The molecule has 0 aliphatic carbocycles. The lowest BCUT2D eigenvalue weighted by Gasteiger charge is -2.05. The van der Waals surface area contributed by atoms with Crippen LogP contribution < -0.4 is 5.73 Å². The third-order valence-corrected chi connectivity index (χ3v) is 2.64. The molecule has 0 saturated heterocycles. The molecular weight excluding hydrogens is 198 g/mol. The molecule has 3 nitrogen and oxygen atoms in total. The molecule has 0 radical (unpaired) electrons. The molecule has 1 aromatic heterocycles. The second-order valence-corrected chi connectivity index (χ2v) is 4.06. The Hall–Kier alpha value is -1.90. The van der Waals surface area contributed by atoms with Gasteiger partial charge >= 0.3 is 0 Å². The van der Waals surface area contributed by atoms with Crippen molar-refractivity contribution < 1.29 is 0 Å². The van der Waals surface area contributed by atoms with E-state index in [9.17, 15) is 0 Å².